The Morgan fingerprint density at radius 3 is 2.68 bits per heavy atom. The molecule has 0 aliphatic carbocycles. The minimum absolute atomic E-state index is 0.610. The average molecular weight is 300 g/mol. The van der Waals surface area contributed by atoms with Gasteiger partial charge in [-0.05, 0) is 19.4 Å². The molecule has 0 saturated heterocycles. The third-order valence-corrected chi connectivity index (χ3v) is 3.55. The fourth-order valence-corrected chi connectivity index (χ4v) is 2.27. The molecule has 0 aliphatic heterocycles. The van der Waals surface area contributed by atoms with Crippen LogP contribution in [0.5, 0.6) is 0 Å². The molecule has 6 nitrogen and oxygen atoms in total. The number of aliphatic imine (C=N–C) groups is 1. The fraction of sp³-hybridized carbons (Fsp3) is 0.438. The molecule has 2 aromatic rings. The van der Waals surface area contributed by atoms with Crippen LogP contribution in [0.15, 0.2) is 35.6 Å². The van der Waals surface area contributed by atoms with Crippen molar-refractivity contribution < 1.29 is 0 Å². The Hall–Kier alpha value is -2.37. The van der Waals surface area contributed by atoms with E-state index in [9.17, 15) is 0 Å². The van der Waals surface area contributed by atoms with Gasteiger partial charge in [-0.1, -0.05) is 29.8 Å². The monoisotopic (exact) mass is 300 g/mol. The highest BCUT2D eigenvalue weighted by atomic mass is 15.3. The van der Waals surface area contributed by atoms with Crippen molar-refractivity contribution in [1.82, 2.24) is 25.0 Å². The molecule has 0 saturated carbocycles. The Kier molecular flexibility index (Phi) is 5.52. The summed E-state index contributed by atoms with van der Waals surface area (Å²) < 4.78 is 2.01. The molecule has 0 unspecified atom stereocenters. The number of benzene rings is 1. The van der Waals surface area contributed by atoms with Crippen molar-refractivity contribution in [3.8, 4) is 0 Å². The van der Waals surface area contributed by atoms with E-state index < -0.39 is 0 Å². The summed E-state index contributed by atoms with van der Waals surface area (Å²) >= 11 is 0. The topological polar surface area (TPSA) is 58.3 Å². The number of hydrogen-bond acceptors (Lipinski definition) is 3. The molecule has 6 heteroatoms. The summed E-state index contributed by atoms with van der Waals surface area (Å²) in [6.07, 6.45) is 1.75. The van der Waals surface area contributed by atoms with Crippen LogP contribution in [0.2, 0.25) is 0 Å². The zero-order chi connectivity index (χ0) is 15.9. The average Bonchev–Trinajstić information content (AvgIpc) is 2.98. The van der Waals surface area contributed by atoms with Crippen LogP contribution in [-0.2, 0) is 19.6 Å². The van der Waals surface area contributed by atoms with Crippen LogP contribution in [0.3, 0.4) is 0 Å². The molecule has 1 aromatic carbocycles. The van der Waals surface area contributed by atoms with E-state index in [1.807, 2.05) is 11.6 Å². The number of guanidine groups is 1. The van der Waals surface area contributed by atoms with Gasteiger partial charge in [-0.25, -0.2) is 0 Å². The Morgan fingerprint density at radius 2 is 2.05 bits per heavy atom. The minimum Gasteiger partial charge on any atom is -0.349 e. The Bertz CT molecular complexity index is 614. The number of hydrogen-bond donors (Lipinski definition) is 1. The van der Waals surface area contributed by atoms with Gasteiger partial charge in [-0.3, -0.25) is 4.99 Å². The van der Waals surface area contributed by atoms with Crippen LogP contribution in [0.1, 0.15) is 23.9 Å². The van der Waals surface area contributed by atoms with Gasteiger partial charge < -0.3 is 14.8 Å². The maximum atomic E-state index is 4.33. The molecule has 22 heavy (non-hydrogen) atoms. The first-order valence-electron chi connectivity index (χ1n) is 7.48. The van der Waals surface area contributed by atoms with Crippen LogP contribution in [0, 0.1) is 6.92 Å². The van der Waals surface area contributed by atoms with Crippen molar-refractivity contribution >= 4 is 5.96 Å². The van der Waals surface area contributed by atoms with E-state index in [1.165, 1.54) is 11.1 Å². The molecule has 2 rings (SSSR count). The third-order valence-electron chi connectivity index (χ3n) is 3.55. The van der Waals surface area contributed by atoms with Crippen molar-refractivity contribution in [2.24, 2.45) is 4.99 Å². The number of nitrogens with zero attached hydrogens (tertiary/aromatic N) is 5. The molecule has 0 spiro atoms. The van der Waals surface area contributed by atoms with Crippen LogP contribution in [-0.4, -0.2) is 39.7 Å². The quantitative estimate of drug-likeness (QED) is 0.676. The molecule has 1 heterocycles. The molecule has 0 amide bonds. The normalized spacial score (nSPS) is 11.5. The van der Waals surface area contributed by atoms with Gasteiger partial charge in [0.2, 0.25) is 0 Å². The molecule has 1 aromatic heterocycles. The lowest BCUT2D eigenvalue weighted by Crippen LogP contribution is -2.38. The second-order valence-corrected chi connectivity index (χ2v) is 5.28. The number of aryl methyl sites for hydroxylation is 2. The summed E-state index contributed by atoms with van der Waals surface area (Å²) in [5.41, 5.74) is 2.53. The van der Waals surface area contributed by atoms with Crippen molar-refractivity contribution in [2.75, 3.05) is 14.1 Å². The summed E-state index contributed by atoms with van der Waals surface area (Å²) in [5, 5.41) is 11.4. The van der Waals surface area contributed by atoms with E-state index in [1.54, 1.807) is 13.4 Å². The number of rotatable bonds is 5. The van der Waals surface area contributed by atoms with Gasteiger partial charge in [-0.15, -0.1) is 10.2 Å². The van der Waals surface area contributed by atoms with E-state index in [-0.39, 0.29) is 0 Å². The maximum absolute atomic E-state index is 4.33. The predicted molar refractivity (Wildman–Crippen MR) is 88.5 cm³/mol. The van der Waals surface area contributed by atoms with Crippen molar-refractivity contribution in [2.45, 2.75) is 33.5 Å². The molecular formula is C16H24N6. The van der Waals surface area contributed by atoms with Crippen LogP contribution in [0.4, 0.5) is 0 Å². The predicted octanol–water partition coefficient (Wildman–Crippen LogP) is 1.81. The Labute approximate surface area is 131 Å². The molecule has 0 radical (unpaired) electrons. The highest BCUT2D eigenvalue weighted by Crippen LogP contribution is 2.06. The van der Waals surface area contributed by atoms with Gasteiger partial charge in [-0.2, -0.15) is 0 Å². The largest absolute Gasteiger partial charge is 0.349 e. The van der Waals surface area contributed by atoms with Crippen molar-refractivity contribution in [1.29, 1.82) is 0 Å². The van der Waals surface area contributed by atoms with Crippen LogP contribution < -0.4 is 5.32 Å². The Balaban J connectivity index is 1.94. The van der Waals surface area contributed by atoms with E-state index >= 15 is 0 Å². The molecule has 0 aliphatic rings. The lowest BCUT2D eigenvalue weighted by Gasteiger charge is -2.22. The third kappa shape index (κ3) is 4.07. The first kappa shape index (κ1) is 16.0. The SMILES string of the molecule is CCn1cnnc1CNC(=NC)N(C)Cc1ccc(C)cc1. The summed E-state index contributed by atoms with van der Waals surface area (Å²) in [6.45, 7) is 6.45. The summed E-state index contributed by atoms with van der Waals surface area (Å²) in [4.78, 5) is 6.43. The van der Waals surface area contributed by atoms with Gasteiger partial charge in [0.25, 0.3) is 0 Å². The number of nitrogens with one attached hydrogen (secondary N) is 1. The van der Waals surface area contributed by atoms with E-state index in [2.05, 4.69) is 63.5 Å². The van der Waals surface area contributed by atoms with Gasteiger partial charge in [0.1, 0.15) is 6.33 Å². The van der Waals surface area contributed by atoms with E-state index in [0.29, 0.717) is 6.54 Å². The molecule has 118 valence electrons. The molecule has 0 bridgehead atoms. The van der Waals surface area contributed by atoms with Crippen molar-refractivity contribution in [3.05, 3.63) is 47.5 Å². The minimum atomic E-state index is 0.610. The molecule has 1 N–H and O–H groups in total. The second-order valence-electron chi connectivity index (χ2n) is 5.28. The van der Waals surface area contributed by atoms with Gasteiger partial charge in [0, 0.05) is 27.2 Å². The lowest BCUT2D eigenvalue weighted by molar-refractivity contribution is 0.474. The second kappa shape index (κ2) is 7.59. The zero-order valence-corrected chi connectivity index (χ0v) is 13.7. The van der Waals surface area contributed by atoms with Gasteiger partial charge >= 0.3 is 0 Å². The molecule has 0 atom stereocenters. The standard InChI is InChI=1S/C16H24N6/c1-5-22-12-19-20-15(22)10-18-16(17-3)21(4)11-14-8-6-13(2)7-9-14/h6-9,12H,5,10-11H2,1-4H3,(H,17,18). The van der Waals surface area contributed by atoms with Gasteiger partial charge in [0.05, 0.1) is 6.54 Å². The first-order chi connectivity index (χ1) is 10.6. The molecular weight excluding hydrogens is 276 g/mol. The zero-order valence-electron chi connectivity index (χ0n) is 13.7. The first-order valence-corrected chi connectivity index (χ1v) is 7.48. The van der Waals surface area contributed by atoms with E-state index in [4.69, 9.17) is 0 Å². The smallest absolute Gasteiger partial charge is 0.194 e. The Morgan fingerprint density at radius 1 is 1.32 bits per heavy atom. The lowest BCUT2D eigenvalue weighted by atomic mass is 10.1. The maximum Gasteiger partial charge on any atom is 0.194 e. The highest BCUT2D eigenvalue weighted by molar-refractivity contribution is 5.79. The number of aromatic nitrogens is 3. The van der Waals surface area contributed by atoms with Gasteiger partial charge in [0.15, 0.2) is 11.8 Å². The van der Waals surface area contributed by atoms with Crippen LogP contribution in [0.25, 0.3) is 0 Å². The van der Waals surface area contributed by atoms with E-state index in [0.717, 1.165) is 24.9 Å². The highest BCUT2D eigenvalue weighted by Gasteiger charge is 2.09. The summed E-state index contributed by atoms with van der Waals surface area (Å²) in [5.74, 6) is 1.75. The molecule has 0 fully saturated rings. The van der Waals surface area contributed by atoms with Crippen molar-refractivity contribution in [3.63, 3.8) is 0 Å². The summed E-state index contributed by atoms with van der Waals surface area (Å²) in [6, 6.07) is 8.55. The summed E-state index contributed by atoms with van der Waals surface area (Å²) in [7, 11) is 3.82. The fourth-order valence-electron chi connectivity index (χ4n) is 2.27. The van der Waals surface area contributed by atoms with Crippen LogP contribution >= 0.6 is 0 Å².